The van der Waals surface area contributed by atoms with Gasteiger partial charge in [0.1, 0.15) is 5.69 Å². The average Bonchev–Trinajstić information content (AvgIpc) is 2.65. The van der Waals surface area contributed by atoms with Crippen molar-refractivity contribution in [3.63, 3.8) is 0 Å². The summed E-state index contributed by atoms with van der Waals surface area (Å²) in [4.78, 5) is 34.9. The van der Waals surface area contributed by atoms with E-state index in [0.29, 0.717) is 29.7 Å². The van der Waals surface area contributed by atoms with Crippen LogP contribution in [0, 0.1) is 10.1 Å². The van der Waals surface area contributed by atoms with E-state index in [9.17, 15) is 19.7 Å². The number of hydrogen-bond acceptors (Lipinski definition) is 5. The largest absolute Gasteiger partial charge is 0.379 e. The molecule has 1 heterocycles. The minimum atomic E-state index is -0.723. The predicted octanol–water partition coefficient (Wildman–Crippen LogP) is 1.80. The molecule has 0 radical (unpaired) electrons. The molecule has 2 aromatic carbocycles. The van der Waals surface area contributed by atoms with Crippen LogP contribution >= 0.6 is 0 Å². The highest BCUT2D eigenvalue weighted by Crippen LogP contribution is 2.29. The van der Waals surface area contributed by atoms with Gasteiger partial charge in [0, 0.05) is 26.7 Å². The second-order valence-electron chi connectivity index (χ2n) is 6.01. The van der Waals surface area contributed by atoms with Crippen LogP contribution < -0.4 is 16.4 Å². The van der Waals surface area contributed by atoms with Gasteiger partial charge in [0.05, 0.1) is 16.0 Å². The van der Waals surface area contributed by atoms with Crippen LogP contribution in [0.1, 0.15) is 5.56 Å². The van der Waals surface area contributed by atoms with Crippen molar-refractivity contribution in [1.82, 2.24) is 9.13 Å². The first kappa shape index (κ1) is 17.4. The van der Waals surface area contributed by atoms with Gasteiger partial charge in [-0.25, -0.2) is 0 Å². The van der Waals surface area contributed by atoms with E-state index >= 15 is 0 Å². The first-order valence-electron chi connectivity index (χ1n) is 8.06. The third-order valence-corrected chi connectivity index (χ3v) is 4.38. The summed E-state index contributed by atoms with van der Waals surface area (Å²) in [6.07, 6.45) is 0.697. The summed E-state index contributed by atoms with van der Waals surface area (Å²) in [5.41, 5.74) is 0.662. The van der Waals surface area contributed by atoms with Crippen LogP contribution in [0.4, 0.5) is 11.4 Å². The SMILES string of the molecule is Cn1c(=O)c(=O)n(C)c2cc([N+](=O)[O-])c(NCCc3ccccc3)cc21. The highest BCUT2D eigenvalue weighted by Gasteiger charge is 2.19. The lowest BCUT2D eigenvalue weighted by molar-refractivity contribution is -0.383. The number of nitro groups is 1. The molecule has 0 saturated carbocycles. The molecule has 0 unspecified atom stereocenters. The molecule has 0 aliphatic heterocycles. The number of nitrogens with one attached hydrogen (secondary N) is 1. The van der Waals surface area contributed by atoms with Crippen molar-refractivity contribution < 1.29 is 4.92 Å². The Balaban J connectivity index is 2.03. The number of aromatic nitrogens is 2. The third-order valence-electron chi connectivity index (χ3n) is 4.38. The van der Waals surface area contributed by atoms with Crippen molar-refractivity contribution >= 4 is 22.4 Å². The van der Waals surface area contributed by atoms with Crippen LogP contribution in [0.25, 0.3) is 11.0 Å². The summed E-state index contributed by atoms with van der Waals surface area (Å²) in [5, 5.41) is 14.5. The summed E-state index contributed by atoms with van der Waals surface area (Å²) in [6, 6.07) is 12.6. The van der Waals surface area contributed by atoms with E-state index in [1.54, 1.807) is 6.07 Å². The molecule has 8 heteroatoms. The molecule has 3 rings (SSSR count). The zero-order chi connectivity index (χ0) is 18.8. The number of benzene rings is 2. The quantitative estimate of drug-likeness (QED) is 0.428. The minimum absolute atomic E-state index is 0.140. The Hall–Kier alpha value is -3.42. The zero-order valence-corrected chi connectivity index (χ0v) is 14.4. The molecule has 1 aromatic heterocycles. The molecule has 0 atom stereocenters. The fourth-order valence-corrected chi connectivity index (χ4v) is 2.89. The molecule has 8 nitrogen and oxygen atoms in total. The van der Waals surface area contributed by atoms with Gasteiger partial charge in [-0.3, -0.25) is 19.7 Å². The topological polar surface area (TPSA) is 99.2 Å². The number of nitro benzene ring substituents is 1. The average molecular weight is 354 g/mol. The van der Waals surface area contributed by atoms with Gasteiger partial charge in [-0.05, 0) is 18.1 Å². The van der Waals surface area contributed by atoms with Crippen LogP contribution in [0.5, 0.6) is 0 Å². The van der Waals surface area contributed by atoms with Crippen LogP contribution in [-0.2, 0) is 20.5 Å². The van der Waals surface area contributed by atoms with Crippen LogP contribution in [0.2, 0.25) is 0 Å². The van der Waals surface area contributed by atoms with Gasteiger partial charge < -0.3 is 14.5 Å². The molecule has 134 valence electrons. The van der Waals surface area contributed by atoms with Crippen molar-refractivity contribution in [3.8, 4) is 0 Å². The van der Waals surface area contributed by atoms with Crippen LogP contribution in [0.15, 0.2) is 52.1 Å². The van der Waals surface area contributed by atoms with E-state index in [1.165, 1.54) is 24.7 Å². The maximum atomic E-state index is 12.0. The van der Waals surface area contributed by atoms with Gasteiger partial charge in [0.15, 0.2) is 0 Å². The maximum Gasteiger partial charge on any atom is 0.316 e. The Kier molecular flexibility index (Phi) is 4.57. The fourth-order valence-electron chi connectivity index (χ4n) is 2.89. The smallest absolute Gasteiger partial charge is 0.316 e. The number of rotatable bonds is 5. The Morgan fingerprint density at radius 3 is 2.15 bits per heavy atom. The highest BCUT2D eigenvalue weighted by atomic mass is 16.6. The number of hydrogen-bond donors (Lipinski definition) is 1. The van der Waals surface area contributed by atoms with E-state index in [4.69, 9.17) is 0 Å². The molecule has 1 N–H and O–H groups in total. The van der Waals surface area contributed by atoms with Gasteiger partial charge in [0.2, 0.25) is 0 Å². The first-order valence-corrected chi connectivity index (χ1v) is 8.06. The van der Waals surface area contributed by atoms with Gasteiger partial charge in [0.25, 0.3) is 5.69 Å². The molecule has 0 fully saturated rings. The molecule has 0 spiro atoms. The standard InChI is InChI=1S/C18H18N4O4/c1-20-15-10-13(19-9-8-12-6-4-3-5-7-12)14(22(25)26)11-16(15)21(2)18(24)17(20)23/h3-7,10-11,19H,8-9H2,1-2H3. The summed E-state index contributed by atoms with van der Waals surface area (Å²) >= 11 is 0. The first-order chi connectivity index (χ1) is 12.4. The zero-order valence-electron chi connectivity index (χ0n) is 14.4. The van der Waals surface area contributed by atoms with E-state index in [0.717, 1.165) is 10.1 Å². The van der Waals surface area contributed by atoms with Crippen molar-refractivity contribution in [2.24, 2.45) is 14.1 Å². The van der Waals surface area contributed by atoms with Crippen molar-refractivity contribution in [1.29, 1.82) is 0 Å². The number of nitrogens with zero attached hydrogens (tertiary/aromatic N) is 3. The Morgan fingerprint density at radius 2 is 1.58 bits per heavy atom. The molecule has 0 aliphatic rings. The Bertz CT molecular complexity index is 1100. The van der Waals surface area contributed by atoms with Gasteiger partial charge >= 0.3 is 11.1 Å². The van der Waals surface area contributed by atoms with Gasteiger partial charge in [-0.1, -0.05) is 30.3 Å². The van der Waals surface area contributed by atoms with E-state index in [2.05, 4.69) is 5.32 Å². The monoisotopic (exact) mass is 354 g/mol. The molecule has 3 aromatic rings. The third kappa shape index (κ3) is 3.08. The molecule has 0 bridgehead atoms. The molecule has 0 aliphatic carbocycles. The highest BCUT2D eigenvalue weighted by molar-refractivity contribution is 5.85. The van der Waals surface area contributed by atoms with Crippen LogP contribution in [-0.4, -0.2) is 20.6 Å². The van der Waals surface area contributed by atoms with E-state index in [-0.39, 0.29) is 5.69 Å². The maximum absolute atomic E-state index is 12.0. The van der Waals surface area contributed by atoms with Crippen LogP contribution in [0.3, 0.4) is 0 Å². The summed E-state index contributed by atoms with van der Waals surface area (Å²) < 4.78 is 2.35. The second-order valence-corrected chi connectivity index (χ2v) is 6.01. The number of fused-ring (bicyclic) bond motifs is 1. The normalized spacial score (nSPS) is 10.8. The molecule has 0 amide bonds. The lowest BCUT2D eigenvalue weighted by atomic mass is 10.1. The van der Waals surface area contributed by atoms with E-state index < -0.39 is 16.0 Å². The second kappa shape index (κ2) is 6.83. The minimum Gasteiger partial charge on any atom is -0.379 e. The van der Waals surface area contributed by atoms with Crippen molar-refractivity contribution in [2.45, 2.75) is 6.42 Å². The molecular formula is C18H18N4O4. The summed E-state index contributed by atoms with van der Waals surface area (Å²) in [7, 11) is 2.91. The lowest BCUT2D eigenvalue weighted by Gasteiger charge is -2.12. The van der Waals surface area contributed by atoms with Crippen molar-refractivity contribution in [2.75, 3.05) is 11.9 Å². The lowest BCUT2D eigenvalue weighted by Crippen LogP contribution is -2.39. The number of aryl methyl sites for hydroxylation is 2. The summed E-state index contributed by atoms with van der Waals surface area (Å²) in [5.74, 6) is 0. The van der Waals surface area contributed by atoms with Crippen molar-refractivity contribution in [3.05, 3.63) is 78.8 Å². The predicted molar refractivity (Wildman–Crippen MR) is 99.7 cm³/mol. The van der Waals surface area contributed by atoms with Gasteiger partial charge in [-0.15, -0.1) is 0 Å². The van der Waals surface area contributed by atoms with E-state index in [1.807, 2.05) is 30.3 Å². The molecule has 26 heavy (non-hydrogen) atoms. The molecule has 0 saturated heterocycles. The Labute approximate surface area is 148 Å². The summed E-state index contributed by atoms with van der Waals surface area (Å²) in [6.45, 7) is 0.496. The fraction of sp³-hybridized carbons (Fsp3) is 0.222. The number of anilines is 1. The molecular weight excluding hydrogens is 336 g/mol. The Morgan fingerprint density at radius 1 is 1.00 bits per heavy atom. The van der Waals surface area contributed by atoms with Gasteiger partial charge in [-0.2, -0.15) is 0 Å².